The molecule has 4 nitrogen and oxygen atoms in total. The third kappa shape index (κ3) is 3.98. The van der Waals surface area contributed by atoms with Crippen LogP contribution in [-0.4, -0.2) is 18.1 Å². The minimum atomic E-state index is -0.779. The first-order valence-corrected chi connectivity index (χ1v) is 8.92. The maximum Gasteiger partial charge on any atom is 0.156 e. The maximum atomic E-state index is 14.1. The van der Waals surface area contributed by atoms with Gasteiger partial charge in [-0.05, 0) is 47.9 Å². The number of nitrogens with zero attached hydrogens (tertiary/aromatic N) is 1. The van der Waals surface area contributed by atoms with Crippen LogP contribution in [0.1, 0.15) is 22.7 Å². The van der Waals surface area contributed by atoms with Crippen LogP contribution >= 0.6 is 0 Å². The zero-order valence-electron chi connectivity index (χ0n) is 15.9. The second-order valence-corrected chi connectivity index (χ2v) is 6.97. The third-order valence-electron chi connectivity index (χ3n) is 4.86. The summed E-state index contributed by atoms with van der Waals surface area (Å²) in [5.41, 5.74) is 21.6. The van der Waals surface area contributed by atoms with Crippen LogP contribution in [0.4, 0.5) is 14.5 Å². The Kier molecular flexibility index (Phi) is 5.63. The van der Waals surface area contributed by atoms with Gasteiger partial charge in [-0.1, -0.05) is 35.9 Å². The molecule has 0 spiro atoms. The topological polar surface area (TPSA) is 81.3 Å². The van der Waals surface area contributed by atoms with Crippen molar-refractivity contribution in [2.75, 3.05) is 12.8 Å². The van der Waals surface area contributed by atoms with Gasteiger partial charge >= 0.3 is 0 Å². The summed E-state index contributed by atoms with van der Waals surface area (Å²) in [6, 6.07) is 9.89. The Hall–Kier alpha value is -2.96. The number of allylic oxidation sites excluding steroid dienone is 3. The van der Waals surface area contributed by atoms with Crippen LogP contribution < -0.4 is 17.2 Å². The molecule has 6 heteroatoms. The standard InChI is InChI=1S/C22H24F2N4/c1-13-3-6-15(7-4-13)21(26)17-11-14(12-28(2)22(17)27)5-8-16-18(23)9-10-19(25)20(16)24/h3-12,21-22H,25-27H2,1-2H3. The quantitative estimate of drug-likeness (QED) is 0.706. The van der Waals surface area contributed by atoms with Gasteiger partial charge in [0.1, 0.15) is 12.0 Å². The first-order valence-electron chi connectivity index (χ1n) is 8.92. The molecular weight excluding hydrogens is 358 g/mol. The van der Waals surface area contributed by atoms with Crippen LogP contribution in [0.25, 0.3) is 6.08 Å². The lowest BCUT2D eigenvalue weighted by Crippen LogP contribution is -2.42. The highest BCUT2D eigenvalue weighted by Gasteiger charge is 2.24. The predicted molar refractivity (Wildman–Crippen MR) is 110 cm³/mol. The SMILES string of the molecule is Cc1ccc(C(N)C2=CC(C=Cc3c(F)ccc(N)c3F)=CN(C)C2N)cc1. The highest BCUT2D eigenvalue weighted by molar-refractivity contribution is 5.61. The van der Waals surface area contributed by atoms with Crippen LogP contribution in [0.15, 0.2) is 65.9 Å². The van der Waals surface area contributed by atoms with E-state index >= 15 is 0 Å². The molecule has 2 aromatic rings. The number of aryl methyl sites for hydroxylation is 1. The summed E-state index contributed by atoms with van der Waals surface area (Å²) in [5.74, 6) is -1.46. The molecule has 0 bridgehead atoms. The highest BCUT2D eigenvalue weighted by Crippen LogP contribution is 2.28. The monoisotopic (exact) mass is 382 g/mol. The molecule has 1 heterocycles. The molecule has 1 aliphatic rings. The molecule has 0 radical (unpaired) electrons. The van der Waals surface area contributed by atoms with Crippen molar-refractivity contribution in [1.82, 2.24) is 4.90 Å². The van der Waals surface area contributed by atoms with E-state index < -0.39 is 23.8 Å². The second-order valence-electron chi connectivity index (χ2n) is 6.97. The number of nitrogens with two attached hydrogens (primary N) is 3. The van der Waals surface area contributed by atoms with Crippen molar-refractivity contribution in [3.8, 4) is 0 Å². The Morgan fingerprint density at radius 1 is 1.07 bits per heavy atom. The zero-order chi connectivity index (χ0) is 20.4. The van der Waals surface area contributed by atoms with Gasteiger partial charge in [0.15, 0.2) is 5.82 Å². The van der Waals surface area contributed by atoms with Crippen LogP contribution in [0.2, 0.25) is 0 Å². The van der Waals surface area contributed by atoms with Crippen LogP contribution in [-0.2, 0) is 0 Å². The van der Waals surface area contributed by atoms with E-state index in [4.69, 9.17) is 17.2 Å². The lowest BCUT2D eigenvalue weighted by molar-refractivity contribution is 0.357. The molecule has 0 saturated carbocycles. The Balaban J connectivity index is 1.93. The highest BCUT2D eigenvalue weighted by atomic mass is 19.1. The zero-order valence-corrected chi connectivity index (χ0v) is 15.9. The third-order valence-corrected chi connectivity index (χ3v) is 4.86. The molecule has 28 heavy (non-hydrogen) atoms. The fourth-order valence-electron chi connectivity index (χ4n) is 3.12. The number of hydrogen-bond acceptors (Lipinski definition) is 4. The summed E-state index contributed by atoms with van der Waals surface area (Å²) in [7, 11) is 1.83. The lowest BCUT2D eigenvalue weighted by atomic mass is 9.92. The van der Waals surface area contributed by atoms with Crippen LogP contribution in [0, 0.1) is 18.6 Å². The van der Waals surface area contributed by atoms with Crippen molar-refractivity contribution in [3.05, 3.63) is 94.2 Å². The van der Waals surface area contributed by atoms with Crippen LogP contribution in [0.5, 0.6) is 0 Å². The number of rotatable bonds is 4. The summed E-state index contributed by atoms with van der Waals surface area (Å²) in [6.07, 6.45) is 6.24. The van der Waals surface area contributed by atoms with E-state index in [2.05, 4.69) is 0 Å². The summed E-state index contributed by atoms with van der Waals surface area (Å²) in [6.45, 7) is 2.01. The minimum absolute atomic E-state index is 0.101. The molecule has 146 valence electrons. The van der Waals surface area contributed by atoms with E-state index in [-0.39, 0.29) is 11.3 Å². The van der Waals surface area contributed by atoms with Gasteiger partial charge in [0.2, 0.25) is 0 Å². The number of anilines is 1. The van der Waals surface area contributed by atoms with E-state index in [1.807, 2.05) is 49.2 Å². The van der Waals surface area contributed by atoms with Gasteiger partial charge in [-0.3, -0.25) is 0 Å². The van der Waals surface area contributed by atoms with E-state index in [9.17, 15) is 8.78 Å². The summed E-state index contributed by atoms with van der Waals surface area (Å²) in [4.78, 5) is 1.81. The fourth-order valence-corrected chi connectivity index (χ4v) is 3.12. The van der Waals surface area contributed by atoms with Crippen molar-refractivity contribution >= 4 is 11.8 Å². The van der Waals surface area contributed by atoms with E-state index in [1.54, 1.807) is 12.3 Å². The Labute approximate surface area is 163 Å². The summed E-state index contributed by atoms with van der Waals surface area (Å²) < 4.78 is 28.1. The minimum Gasteiger partial charge on any atom is -0.396 e. The molecule has 0 aromatic heterocycles. The maximum absolute atomic E-state index is 14.1. The number of likely N-dealkylation sites (N-methyl/N-ethyl adjacent to an activating group) is 1. The molecule has 2 atom stereocenters. The number of hydrogen-bond donors (Lipinski definition) is 3. The molecule has 1 aliphatic heterocycles. The van der Waals surface area contributed by atoms with Gasteiger partial charge in [0.05, 0.1) is 11.7 Å². The van der Waals surface area contributed by atoms with Gasteiger partial charge in [-0.2, -0.15) is 0 Å². The first kappa shape index (κ1) is 19.8. The van der Waals surface area contributed by atoms with E-state index in [1.165, 1.54) is 12.1 Å². The molecule has 0 amide bonds. The molecular formula is C22H24F2N4. The number of benzene rings is 2. The van der Waals surface area contributed by atoms with Crippen LogP contribution in [0.3, 0.4) is 0 Å². The van der Waals surface area contributed by atoms with Crippen molar-refractivity contribution in [3.63, 3.8) is 0 Å². The summed E-state index contributed by atoms with van der Waals surface area (Å²) >= 11 is 0. The van der Waals surface area contributed by atoms with E-state index in [0.717, 1.165) is 28.3 Å². The molecule has 0 fully saturated rings. The molecule has 2 unspecified atom stereocenters. The van der Waals surface area contributed by atoms with Gasteiger partial charge in [-0.15, -0.1) is 0 Å². The van der Waals surface area contributed by atoms with Gasteiger partial charge in [0.25, 0.3) is 0 Å². The lowest BCUT2D eigenvalue weighted by Gasteiger charge is -2.33. The molecule has 0 aliphatic carbocycles. The van der Waals surface area contributed by atoms with Crippen molar-refractivity contribution in [2.45, 2.75) is 19.1 Å². The smallest absolute Gasteiger partial charge is 0.156 e. The predicted octanol–water partition coefficient (Wildman–Crippen LogP) is 3.61. The molecule has 2 aromatic carbocycles. The van der Waals surface area contributed by atoms with Crippen molar-refractivity contribution in [1.29, 1.82) is 0 Å². The molecule has 3 rings (SSSR count). The Bertz CT molecular complexity index is 961. The Morgan fingerprint density at radius 3 is 2.43 bits per heavy atom. The average molecular weight is 382 g/mol. The molecule has 6 N–H and O–H groups in total. The average Bonchev–Trinajstić information content (AvgIpc) is 2.67. The van der Waals surface area contributed by atoms with Gasteiger partial charge < -0.3 is 22.1 Å². The number of nitrogen functional groups attached to an aromatic ring is 1. The summed E-state index contributed by atoms with van der Waals surface area (Å²) in [5, 5.41) is 0. The largest absolute Gasteiger partial charge is 0.396 e. The van der Waals surface area contributed by atoms with E-state index in [0.29, 0.717) is 0 Å². The fraction of sp³-hybridized carbons (Fsp3) is 0.182. The van der Waals surface area contributed by atoms with Gasteiger partial charge in [0, 0.05) is 18.8 Å². The van der Waals surface area contributed by atoms with Crippen molar-refractivity contribution < 1.29 is 8.78 Å². The normalized spacial score (nSPS) is 18.2. The number of halogens is 2. The Morgan fingerprint density at radius 2 is 1.75 bits per heavy atom. The second kappa shape index (κ2) is 7.96. The van der Waals surface area contributed by atoms with Gasteiger partial charge in [-0.25, -0.2) is 8.78 Å². The molecule has 0 saturated heterocycles. The first-order chi connectivity index (χ1) is 13.3. The van der Waals surface area contributed by atoms with Crippen molar-refractivity contribution in [2.24, 2.45) is 11.5 Å².